The minimum Gasteiger partial charge on any atom is -0.378 e. The molecule has 1 atom stereocenters. The number of aryl methyl sites for hydroxylation is 1. The Morgan fingerprint density at radius 2 is 1.72 bits per heavy atom. The normalized spacial score (nSPS) is 12.2. The lowest BCUT2D eigenvalue weighted by Crippen LogP contribution is -2.08. The maximum atomic E-state index is 6.22. The summed E-state index contributed by atoms with van der Waals surface area (Å²) in [5.74, 6) is 0. The molecule has 0 saturated carbocycles. The zero-order chi connectivity index (χ0) is 13.0. The molecule has 0 aliphatic heterocycles. The number of halogens is 1. The van der Waals surface area contributed by atoms with Crippen LogP contribution in [0, 0.1) is 0 Å². The molecule has 0 aliphatic carbocycles. The second kappa shape index (κ2) is 5.92. The predicted molar refractivity (Wildman–Crippen MR) is 79.3 cm³/mol. The highest BCUT2D eigenvalue weighted by molar-refractivity contribution is 6.31. The van der Waals surface area contributed by atoms with Crippen molar-refractivity contribution in [2.24, 2.45) is 0 Å². The third-order valence-electron chi connectivity index (χ3n) is 3.14. The van der Waals surface area contributed by atoms with Crippen molar-refractivity contribution in [3.05, 3.63) is 64.7 Å². The molecule has 0 aliphatic rings. The molecule has 0 aromatic heterocycles. The molecule has 0 radical (unpaired) electrons. The molecule has 2 aromatic carbocycles. The van der Waals surface area contributed by atoms with Gasteiger partial charge in [-0.15, -0.1) is 0 Å². The Balaban J connectivity index is 2.21. The van der Waals surface area contributed by atoms with Crippen LogP contribution in [0.1, 0.15) is 31.0 Å². The van der Waals surface area contributed by atoms with E-state index < -0.39 is 0 Å². The highest BCUT2D eigenvalue weighted by Crippen LogP contribution is 2.27. The number of rotatable bonds is 4. The van der Waals surface area contributed by atoms with Gasteiger partial charge in [-0.05, 0) is 36.6 Å². The van der Waals surface area contributed by atoms with Gasteiger partial charge in [-0.3, -0.25) is 0 Å². The first-order chi connectivity index (χ1) is 8.72. The lowest BCUT2D eigenvalue weighted by Gasteiger charge is -2.19. The maximum absolute atomic E-state index is 6.22. The van der Waals surface area contributed by atoms with Crippen molar-refractivity contribution < 1.29 is 0 Å². The third-order valence-corrected chi connectivity index (χ3v) is 3.49. The molecule has 2 aromatic rings. The van der Waals surface area contributed by atoms with Crippen molar-refractivity contribution in [3.8, 4) is 0 Å². The lowest BCUT2D eigenvalue weighted by molar-refractivity contribution is 0.880. The van der Waals surface area contributed by atoms with Crippen LogP contribution in [-0.4, -0.2) is 0 Å². The van der Waals surface area contributed by atoms with Crippen LogP contribution in [0.5, 0.6) is 0 Å². The van der Waals surface area contributed by atoms with Gasteiger partial charge in [0.1, 0.15) is 0 Å². The summed E-state index contributed by atoms with van der Waals surface area (Å²) in [5.41, 5.74) is 3.65. The number of nitrogens with one attached hydrogen (secondary N) is 1. The Hall–Kier alpha value is -1.47. The largest absolute Gasteiger partial charge is 0.378 e. The summed E-state index contributed by atoms with van der Waals surface area (Å²) in [7, 11) is 0. The van der Waals surface area contributed by atoms with Crippen LogP contribution in [0.4, 0.5) is 5.69 Å². The number of hydrogen-bond donors (Lipinski definition) is 1. The molecular weight excluding hydrogens is 242 g/mol. The molecular formula is C16H18ClN. The van der Waals surface area contributed by atoms with E-state index in [1.54, 1.807) is 0 Å². The van der Waals surface area contributed by atoms with Gasteiger partial charge in [-0.2, -0.15) is 0 Å². The minimum atomic E-state index is 0.200. The highest BCUT2D eigenvalue weighted by Gasteiger charge is 2.10. The molecule has 0 heterocycles. The molecule has 1 unspecified atom stereocenters. The number of hydrogen-bond acceptors (Lipinski definition) is 1. The van der Waals surface area contributed by atoms with Gasteiger partial charge in [0, 0.05) is 16.8 Å². The van der Waals surface area contributed by atoms with Gasteiger partial charge in [0.25, 0.3) is 0 Å². The van der Waals surface area contributed by atoms with Crippen LogP contribution in [-0.2, 0) is 6.42 Å². The molecule has 0 spiro atoms. The summed E-state index contributed by atoms with van der Waals surface area (Å²) in [6, 6.07) is 16.6. The van der Waals surface area contributed by atoms with E-state index in [1.165, 1.54) is 11.3 Å². The Kier molecular flexibility index (Phi) is 4.27. The molecule has 0 saturated heterocycles. The van der Waals surface area contributed by atoms with Crippen LogP contribution in [0.25, 0.3) is 0 Å². The Morgan fingerprint density at radius 3 is 2.44 bits per heavy atom. The molecule has 2 heteroatoms. The zero-order valence-electron chi connectivity index (χ0n) is 10.8. The van der Waals surface area contributed by atoms with E-state index in [9.17, 15) is 0 Å². The summed E-state index contributed by atoms with van der Waals surface area (Å²) in [5, 5.41) is 4.35. The molecule has 2 rings (SSSR count). The summed E-state index contributed by atoms with van der Waals surface area (Å²) in [6.45, 7) is 4.30. The first-order valence-electron chi connectivity index (χ1n) is 6.31. The van der Waals surface area contributed by atoms with E-state index in [4.69, 9.17) is 11.6 Å². The molecule has 0 bridgehead atoms. The van der Waals surface area contributed by atoms with Crippen molar-refractivity contribution in [1.82, 2.24) is 0 Å². The van der Waals surface area contributed by atoms with Gasteiger partial charge in [0.05, 0.1) is 0 Å². The highest BCUT2D eigenvalue weighted by atomic mass is 35.5. The SMILES string of the molecule is CCc1ccccc1NC(C)c1ccccc1Cl. The third kappa shape index (κ3) is 2.85. The summed E-state index contributed by atoms with van der Waals surface area (Å²) in [6.07, 6.45) is 1.03. The molecule has 94 valence electrons. The van der Waals surface area contributed by atoms with Gasteiger partial charge < -0.3 is 5.32 Å². The van der Waals surface area contributed by atoms with Crippen molar-refractivity contribution in [2.75, 3.05) is 5.32 Å². The maximum Gasteiger partial charge on any atom is 0.0500 e. The second-order valence-electron chi connectivity index (χ2n) is 4.40. The van der Waals surface area contributed by atoms with Crippen molar-refractivity contribution in [2.45, 2.75) is 26.3 Å². The zero-order valence-corrected chi connectivity index (χ0v) is 11.5. The van der Waals surface area contributed by atoms with E-state index >= 15 is 0 Å². The van der Waals surface area contributed by atoms with E-state index in [0.29, 0.717) is 0 Å². The average molecular weight is 260 g/mol. The fourth-order valence-corrected chi connectivity index (χ4v) is 2.41. The van der Waals surface area contributed by atoms with Crippen molar-refractivity contribution >= 4 is 17.3 Å². The second-order valence-corrected chi connectivity index (χ2v) is 4.81. The number of anilines is 1. The fraction of sp³-hybridized carbons (Fsp3) is 0.250. The van der Waals surface area contributed by atoms with Crippen LogP contribution >= 0.6 is 11.6 Å². The monoisotopic (exact) mass is 259 g/mol. The van der Waals surface area contributed by atoms with Crippen molar-refractivity contribution in [3.63, 3.8) is 0 Å². The molecule has 1 N–H and O–H groups in total. The minimum absolute atomic E-state index is 0.200. The van der Waals surface area contributed by atoms with Gasteiger partial charge >= 0.3 is 0 Å². The molecule has 0 amide bonds. The van der Waals surface area contributed by atoms with E-state index in [2.05, 4.69) is 49.5 Å². The smallest absolute Gasteiger partial charge is 0.0500 e. The molecule has 1 nitrogen and oxygen atoms in total. The van der Waals surface area contributed by atoms with E-state index in [-0.39, 0.29) is 6.04 Å². The Morgan fingerprint density at radius 1 is 1.06 bits per heavy atom. The summed E-state index contributed by atoms with van der Waals surface area (Å²) >= 11 is 6.22. The standard InChI is InChI=1S/C16H18ClN/c1-3-13-8-4-7-11-16(13)18-12(2)14-9-5-6-10-15(14)17/h4-12,18H,3H2,1-2H3. The van der Waals surface area contributed by atoms with Gasteiger partial charge in [-0.1, -0.05) is 54.9 Å². The summed E-state index contributed by atoms with van der Waals surface area (Å²) in [4.78, 5) is 0. The van der Waals surface area contributed by atoms with Crippen LogP contribution in [0.15, 0.2) is 48.5 Å². The fourth-order valence-electron chi connectivity index (χ4n) is 2.11. The number of para-hydroxylation sites is 1. The van der Waals surface area contributed by atoms with Crippen LogP contribution < -0.4 is 5.32 Å². The van der Waals surface area contributed by atoms with Crippen LogP contribution in [0.2, 0.25) is 5.02 Å². The van der Waals surface area contributed by atoms with Crippen LogP contribution in [0.3, 0.4) is 0 Å². The first-order valence-corrected chi connectivity index (χ1v) is 6.69. The summed E-state index contributed by atoms with van der Waals surface area (Å²) < 4.78 is 0. The van der Waals surface area contributed by atoms with E-state index in [0.717, 1.165) is 17.0 Å². The van der Waals surface area contributed by atoms with Gasteiger partial charge in [-0.25, -0.2) is 0 Å². The topological polar surface area (TPSA) is 12.0 Å². The Bertz CT molecular complexity index is 522. The molecule has 18 heavy (non-hydrogen) atoms. The van der Waals surface area contributed by atoms with E-state index in [1.807, 2.05) is 18.2 Å². The quantitative estimate of drug-likeness (QED) is 0.808. The first kappa shape index (κ1) is 13.0. The predicted octanol–water partition coefficient (Wildman–Crippen LogP) is 5.08. The Labute approximate surface area is 114 Å². The average Bonchev–Trinajstić information content (AvgIpc) is 2.39. The van der Waals surface area contributed by atoms with Gasteiger partial charge in [0.15, 0.2) is 0 Å². The molecule has 0 fully saturated rings. The van der Waals surface area contributed by atoms with Gasteiger partial charge in [0.2, 0.25) is 0 Å². The lowest BCUT2D eigenvalue weighted by atomic mass is 10.1. The number of benzene rings is 2. The van der Waals surface area contributed by atoms with Crippen molar-refractivity contribution in [1.29, 1.82) is 0 Å².